The van der Waals surface area contributed by atoms with Gasteiger partial charge in [0.05, 0.1) is 6.26 Å². The number of furan rings is 1. The first-order chi connectivity index (χ1) is 9.11. The Morgan fingerprint density at radius 3 is 2.63 bits per heavy atom. The van der Waals surface area contributed by atoms with Gasteiger partial charge in [-0.1, -0.05) is 26.0 Å². The lowest BCUT2D eigenvalue weighted by Gasteiger charge is -2.20. The predicted molar refractivity (Wildman–Crippen MR) is 76.4 cm³/mol. The summed E-state index contributed by atoms with van der Waals surface area (Å²) in [7, 11) is 0. The van der Waals surface area contributed by atoms with Crippen molar-refractivity contribution in [2.24, 2.45) is 5.73 Å². The van der Waals surface area contributed by atoms with Crippen LogP contribution in [0.2, 0.25) is 0 Å². The van der Waals surface area contributed by atoms with Crippen LogP contribution in [0, 0.1) is 6.92 Å². The Balaban J connectivity index is 2.28. The van der Waals surface area contributed by atoms with Crippen LogP contribution in [0.5, 0.6) is 5.75 Å². The number of aryl methyl sites for hydroxylation is 1. The molecule has 1 aromatic heterocycles. The molecule has 1 unspecified atom stereocenters. The number of benzene rings is 1. The zero-order valence-electron chi connectivity index (χ0n) is 11.7. The van der Waals surface area contributed by atoms with Gasteiger partial charge in [-0.2, -0.15) is 0 Å². The smallest absolute Gasteiger partial charge is 0.168 e. The summed E-state index contributed by atoms with van der Waals surface area (Å²) in [5, 5.41) is 0. The third kappa shape index (κ3) is 3.18. The lowest BCUT2D eigenvalue weighted by molar-refractivity contribution is 0.181. The summed E-state index contributed by atoms with van der Waals surface area (Å²) in [6, 6.07) is 10.0. The van der Waals surface area contributed by atoms with Crippen LogP contribution < -0.4 is 10.5 Å². The van der Waals surface area contributed by atoms with E-state index in [9.17, 15) is 0 Å². The Kier molecular flexibility index (Phi) is 4.27. The maximum atomic E-state index is 6.06. The molecule has 3 nitrogen and oxygen atoms in total. The normalized spacial score (nSPS) is 12.7. The Labute approximate surface area is 114 Å². The molecular weight excluding hydrogens is 238 g/mol. The average molecular weight is 259 g/mol. The summed E-state index contributed by atoms with van der Waals surface area (Å²) in [6.45, 7) is 6.75. The first-order valence-electron chi connectivity index (χ1n) is 6.62. The average Bonchev–Trinajstić information content (AvgIpc) is 2.89. The maximum absolute atomic E-state index is 6.06. The van der Waals surface area contributed by atoms with Crippen LogP contribution in [0.15, 0.2) is 41.0 Å². The molecule has 0 saturated heterocycles. The fourth-order valence-corrected chi connectivity index (χ4v) is 2.07. The summed E-state index contributed by atoms with van der Waals surface area (Å²) >= 11 is 0. The Bertz CT molecular complexity index is 518. The Morgan fingerprint density at radius 2 is 2.05 bits per heavy atom. The first kappa shape index (κ1) is 13.7. The van der Waals surface area contributed by atoms with E-state index in [1.807, 2.05) is 12.1 Å². The molecular formula is C16H21NO2. The number of rotatable bonds is 5. The van der Waals surface area contributed by atoms with Gasteiger partial charge >= 0.3 is 0 Å². The van der Waals surface area contributed by atoms with E-state index in [4.69, 9.17) is 14.9 Å². The van der Waals surface area contributed by atoms with Crippen molar-refractivity contribution in [3.63, 3.8) is 0 Å². The van der Waals surface area contributed by atoms with Gasteiger partial charge < -0.3 is 14.9 Å². The van der Waals surface area contributed by atoms with Crippen molar-refractivity contribution in [3.8, 4) is 5.75 Å². The molecule has 0 bridgehead atoms. The van der Waals surface area contributed by atoms with Crippen molar-refractivity contribution in [2.45, 2.75) is 32.8 Å². The standard InChI is InChI=1S/C16H21NO2/c1-11(2)13-7-6-12(3)9-15(13)19-16(10-17)14-5-4-8-18-14/h4-9,11,16H,10,17H2,1-3H3. The lowest BCUT2D eigenvalue weighted by atomic mass is 10.0. The van der Waals surface area contributed by atoms with Crippen molar-refractivity contribution >= 4 is 0 Å². The van der Waals surface area contributed by atoms with Crippen LogP contribution in [0.3, 0.4) is 0 Å². The van der Waals surface area contributed by atoms with Crippen molar-refractivity contribution < 1.29 is 9.15 Å². The van der Waals surface area contributed by atoms with Gasteiger partial charge in [0.2, 0.25) is 0 Å². The molecule has 0 aliphatic rings. The van der Waals surface area contributed by atoms with E-state index in [2.05, 4.69) is 39.0 Å². The fourth-order valence-electron chi connectivity index (χ4n) is 2.07. The van der Waals surface area contributed by atoms with E-state index in [-0.39, 0.29) is 6.10 Å². The maximum Gasteiger partial charge on any atom is 0.168 e. The van der Waals surface area contributed by atoms with Gasteiger partial charge in [-0.05, 0) is 42.2 Å². The molecule has 0 spiro atoms. The molecule has 3 heteroatoms. The van der Waals surface area contributed by atoms with Crippen LogP contribution in [0.4, 0.5) is 0 Å². The number of hydrogen-bond donors (Lipinski definition) is 1. The number of ether oxygens (including phenoxy) is 1. The van der Waals surface area contributed by atoms with Crippen molar-refractivity contribution in [1.82, 2.24) is 0 Å². The van der Waals surface area contributed by atoms with Gasteiger partial charge in [-0.15, -0.1) is 0 Å². The van der Waals surface area contributed by atoms with Gasteiger partial charge in [0.25, 0.3) is 0 Å². The summed E-state index contributed by atoms with van der Waals surface area (Å²) in [4.78, 5) is 0. The molecule has 1 heterocycles. The van der Waals surface area contributed by atoms with E-state index >= 15 is 0 Å². The second-order valence-electron chi connectivity index (χ2n) is 5.05. The fraction of sp³-hybridized carbons (Fsp3) is 0.375. The highest BCUT2D eigenvalue weighted by atomic mass is 16.5. The number of nitrogens with two attached hydrogens (primary N) is 1. The molecule has 1 aromatic carbocycles. The lowest BCUT2D eigenvalue weighted by Crippen LogP contribution is -2.18. The first-order valence-corrected chi connectivity index (χ1v) is 6.62. The molecule has 102 valence electrons. The molecule has 1 atom stereocenters. The molecule has 0 aliphatic carbocycles. The van der Waals surface area contributed by atoms with Crippen LogP contribution >= 0.6 is 0 Å². The molecule has 0 aliphatic heterocycles. The SMILES string of the molecule is Cc1ccc(C(C)C)c(OC(CN)c2ccco2)c1. The van der Waals surface area contributed by atoms with Crippen LogP contribution in [-0.4, -0.2) is 6.54 Å². The third-order valence-electron chi connectivity index (χ3n) is 3.13. The molecule has 19 heavy (non-hydrogen) atoms. The summed E-state index contributed by atoms with van der Waals surface area (Å²) in [5.74, 6) is 2.06. The minimum Gasteiger partial charge on any atom is -0.481 e. The second kappa shape index (κ2) is 5.93. The van der Waals surface area contributed by atoms with E-state index in [1.54, 1.807) is 6.26 Å². The van der Waals surface area contributed by atoms with Gasteiger partial charge in [-0.25, -0.2) is 0 Å². The monoisotopic (exact) mass is 259 g/mol. The van der Waals surface area contributed by atoms with Gasteiger partial charge in [0.15, 0.2) is 6.10 Å². The number of hydrogen-bond acceptors (Lipinski definition) is 3. The molecule has 0 saturated carbocycles. The molecule has 2 rings (SSSR count). The predicted octanol–water partition coefficient (Wildman–Crippen LogP) is 3.79. The van der Waals surface area contributed by atoms with Crippen molar-refractivity contribution in [2.75, 3.05) is 6.54 Å². The zero-order chi connectivity index (χ0) is 13.8. The van der Waals surface area contributed by atoms with Crippen LogP contribution in [-0.2, 0) is 0 Å². The van der Waals surface area contributed by atoms with E-state index < -0.39 is 0 Å². The van der Waals surface area contributed by atoms with Gasteiger partial charge in [-0.3, -0.25) is 0 Å². The zero-order valence-corrected chi connectivity index (χ0v) is 11.7. The molecule has 2 aromatic rings. The summed E-state index contributed by atoms with van der Waals surface area (Å²) in [6.07, 6.45) is 1.40. The van der Waals surface area contributed by atoms with Crippen LogP contribution in [0.1, 0.15) is 42.8 Å². The van der Waals surface area contributed by atoms with Crippen LogP contribution in [0.25, 0.3) is 0 Å². The van der Waals surface area contributed by atoms with E-state index in [0.29, 0.717) is 12.5 Å². The topological polar surface area (TPSA) is 48.4 Å². The minimum atomic E-state index is -0.241. The third-order valence-corrected chi connectivity index (χ3v) is 3.13. The molecule has 0 radical (unpaired) electrons. The van der Waals surface area contributed by atoms with E-state index in [0.717, 1.165) is 11.5 Å². The Hall–Kier alpha value is -1.74. The summed E-state index contributed by atoms with van der Waals surface area (Å²) in [5.41, 5.74) is 8.16. The highest BCUT2D eigenvalue weighted by Gasteiger charge is 2.17. The Morgan fingerprint density at radius 1 is 1.26 bits per heavy atom. The highest BCUT2D eigenvalue weighted by molar-refractivity contribution is 5.39. The molecule has 2 N–H and O–H groups in total. The minimum absolute atomic E-state index is 0.241. The quantitative estimate of drug-likeness (QED) is 0.888. The van der Waals surface area contributed by atoms with Gasteiger partial charge in [0.1, 0.15) is 11.5 Å². The summed E-state index contributed by atoms with van der Waals surface area (Å²) < 4.78 is 11.4. The largest absolute Gasteiger partial charge is 0.481 e. The van der Waals surface area contributed by atoms with E-state index in [1.165, 1.54) is 11.1 Å². The van der Waals surface area contributed by atoms with Gasteiger partial charge in [0, 0.05) is 6.54 Å². The van der Waals surface area contributed by atoms with Crippen molar-refractivity contribution in [3.05, 3.63) is 53.5 Å². The molecule has 0 amide bonds. The molecule has 0 fully saturated rings. The second-order valence-corrected chi connectivity index (χ2v) is 5.05. The van der Waals surface area contributed by atoms with Crippen molar-refractivity contribution in [1.29, 1.82) is 0 Å². The highest BCUT2D eigenvalue weighted by Crippen LogP contribution is 2.31.